The number of aromatic amines is 1. The van der Waals surface area contributed by atoms with Crippen molar-refractivity contribution in [3.63, 3.8) is 0 Å². The molecule has 0 saturated heterocycles. The molecule has 0 unspecified atom stereocenters. The first-order valence-corrected chi connectivity index (χ1v) is 6.68. The summed E-state index contributed by atoms with van der Waals surface area (Å²) in [6, 6.07) is 17.0. The van der Waals surface area contributed by atoms with Gasteiger partial charge in [0.25, 0.3) is 0 Å². The number of H-pyrrole nitrogens is 1. The van der Waals surface area contributed by atoms with Crippen LogP contribution in [0.15, 0.2) is 54.7 Å². The summed E-state index contributed by atoms with van der Waals surface area (Å²) in [6.07, 6.45) is 3.14. The van der Waals surface area contributed by atoms with E-state index >= 15 is 0 Å². The highest BCUT2D eigenvalue weighted by molar-refractivity contribution is 5.83. The SMILES string of the molecule is Cc1ccc(NCCc2c[nH]c3ccccc23)cc1. The Balaban J connectivity index is 1.65. The molecular formula is C17H18N2. The van der Waals surface area contributed by atoms with Crippen molar-refractivity contribution >= 4 is 16.6 Å². The summed E-state index contributed by atoms with van der Waals surface area (Å²) in [7, 11) is 0. The van der Waals surface area contributed by atoms with Crippen LogP contribution in [-0.4, -0.2) is 11.5 Å². The minimum Gasteiger partial charge on any atom is -0.385 e. The molecule has 0 aliphatic carbocycles. The summed E-state index contributed by atoms with van der Waals surface area (Å²) < 4.78 is 0. The molecule has 0 aliphatic heterocycles. The lowest BCUT2D eigenvalue weighted by Crippen LogP contribution is -2.04. The quantitative estimate of drug-likeness (QED) is 0.716. The van der Waals surface area contributed by atoms with Crippen molar-refractivity contribution in [1.82, 2.24) is 4.98 Å². The number of hydrogen-bond acceptors (Lipinski definition) is 1. The van der Waals surface area contributed by atoms with Crippen molar-refractivity contribution in [3.8, 4) is 0 Å². The highest BCUT2D eigenvalue weighted by Gasteiger charge is 2.02. The van der Waals surface area contributed by atoms with E-state index in [1.54, 1.807) is 0 Å². The van der Waals surface area contributed by atoms with Crippen LogP contribution in [0.1, 0.15) is 11.1 Å². The number of anilines is 1. The van der Waals surface area contributed by atoms with Gasteiger partial charge in [0.2, 0.25) is 0 Å². The number of para-hydroxylation sites is 1. The Morgan fingerprint density at radius 2 is 1.79 bits per heavy atom. The number of nitrogens with one attached hydrogen (secondary N) is 2. The Hall–Kier alpha value is -2.22. The first kappa shape index (κ1) is 11.8. The lowest BCUT2D eigenvalue weighted by Gasteiger charge is -2.06. The molecule has 96 valence electrons. The molecule has 3 aromatic rings. The van der Waals surface area contributed by atoms with Crippen molar-refractivity contribution in [3.05, 3.63) is 65.9 Å². The highest BCUT2D eigenvalue weighted by atomic mass is 14.9. The zero-order valence-electron chi connectivity index (χ0n) is 11.1. The van der Waals surface area contributed by atoms with Gasteiger partial charge in [0.1, 0.15) is 0 Å². The Kier molecular flexibility index (Phi) is 3.23. The van der Waals surface area contributed by atoms with E-state index < -0.39 is 0 Å². The molecule has 2 heteroatoms. The number of aromatic nitrogens is 1. The molecule has 19 heavy (non-hydrogen) atoms. The van der Waals surface area contributed by atoms with Crippen LogP contribution in [0.5, 0.6) is 0 Å². The van der Waals surface area contributed by atoms with E-state index in [4.69, 9.17) is 0 Å². The molecule has 1 heterocycles. The smallest absolute Gasteiger partial charge is 0.0456 e. The number of fused-ring (bicyclic) bond motifs is 1. The Bertz CT molecular complexity index is 665. The molecule has 2 aromatic carbocycles. The summed E-state index contributed by atoms with van der Waals surface area (Å²) in [5.74, 6) is 0. The van der Waals surface area contributed by atoms with E-state index in [9.17, 15) is 0 Å². The fourth-order valence-corrected chi connectivity index (χ4v) is 2.35. The monoisotopic (exact) mass is 250 g/mol. The largest absolute Gasteiger partial charge is 0.385 e. The van der Waals surface area contributed by atoms with Crippen molar-refractivity contribution in [2.45, 2.75) is 13.3 Å². The first-order valence-electron chi connectivity index (χ1n) is 6.68. The summed E-state index contributed by atoms with van der Waals surface area (Å²) in [4.78, 5) is 3.32. The van der Waals surface area contributed by atoms with Crippen molar-refractivity contribution < 1.29 is 0 Å². The van der Waals surface area contributed by atoms with Gasteiger partial charge in [0.05, 0.1) is 0 Å². The third kappa shape index (κ3) is 2.63. The lowest BCUT2D eigenvalue weighted by atomic mass is 10.1. The Morgan fingerprint density at radius 1 is 1.00 bits per heavy atom. The topological polar surface area (TPSA) is 27.8 Å². The second kappa shape index (κ2) is 5.19. The van der Waals surface area contributed by atoms with Crippen LogP contribution in [0.25, 0.3) is 10.9 Å². The van der Waals surface area contributed by atoms with Gasteiger partial charge in [-0.2, -0.15) is 0 Å². The summed E-state index contributed by atoms with van der Waals surface area (Å²) >= 11 is 0. The zero-order chi connectivity index (χ0) is 13.1. The average molecular weight is 250 g/mol. The van der Waals surface area contributed by atoms with Gasteiger partial charge >= 0.3 is 0 Å². The van der Waals surface area contributed by atoms with Gasteiger partial charge < -0.3 is 10.3 Å². The van der Waals surface area contributed by atoms with Crippen molar-refractivity contribution in [2.75, 3.05) is 11.9 Å². The van der Waals surface area contributed by atoms with E-state index in [1.165, 1.54) is 27.7 Å². The average Bonchev–Trinajstić information content (AvgIpc) is 2.85. The second-order valence-corrected chi connectivity index (χ2v) is 4.90. The zero-order valence-corrected chi connectivity index (χ0v) is 11.1. The molecule has 0 atom stereocenters. The predicted octanol–water partition coefficient (Wildman–Crippen LogP) is 4.13. The van der Waals surface area contributed by atoms with Gasteiger partial charge in [0, 0.05) is 29.3 Å². The van der Waals surface area contributed by atoms with Crippen LogP contribution in [0.3, 0.4) is 0 Å². The minimum absolute atomic E-state index is 0.949. The normalized spacial score (nSPS) is 10.8. The van der Waals surface area contributed by atoms with Crippen LogP contribution < -0.4 is 5.32 Å². The predicted molar refractivity (Wildman–Crippen MR) is 81.7 cm³/mol. The summed E-state index contributed by atoms with van der Waals surface area (Å²) in [5.41, 5.74) is 5.07. The molecule has 2 nitrogen and oxygen atoms in total. The van der Waals surface area contributed by atoms with E-state index in [0.717, 1.165) is 13.0 Å². The number of rotatable bonds is 4. The summed E-state index contributed by atoms with van der Waals surface area (Å²) in [6.45, 7) is 3.06. The standard InChI is InChI=1S/C17H18N2/c1-13-6-8-15(9-7-13)18-11-10-14-12-19-17-5-3-2-4-16(14)17/h2-9,12,18-19H,10-11H2,1H3. The molecule has 1 aromatic heterocycles. The van der Waals surface area contributed by atoms with Crippen LogP contribution in [0.4, 0.5) is 5.69 Å². The molecule has 0 fully saturated rings. The molecule has 0 aliphatic rings. The molecule has 0 spiro atoms. The third-order valence-electron chi connectivity index (χ3n) is 3.45. The number of hydrogen-bond donors (Lipinski definition) is 2. The fraction of sp³-hybridized carbons (Fsp3) is 0.176. The molecule has 0 saturated carbocycles. The first-order chi connectivity index (χ1) is 9.33. The molecule has 0 amide bonds. The maximum absolute atomic E-state index is 3.46. The van der Waals surface area contributed by atoms with Gasteiger partial charge in [-0.15, -0.1) is 0 Å². The molecule has 2 N–H and O–H groups in total. The molecule has 3 rings (SSSR count). The summed E-state index contributed by atoms with van der Waals surface area (Å²) in [5, 5.41) is 4.79. The van der Waals surface area contributed by atoms with Gasteiger partial charge in [-0.3, -0.25) is 0 Å². The van der Waals surface area contributed by atoms with Gasteiger partial charge in [0.15, 0.2) is 0 Å². The maximum Gasteiger partial charge on any atom is 0.0456 e. The van der Waals surface area contributed by atoms with E-state index in [1.807, 2.05) is 0 Å². The third-order valence-corrected chi connectivity index (χ3v) is 3.45. The highest BCUT2D eigenvalue weighted by Crippen LogP contribution is 2.18. The van der Waals surface area contributed by atoms with Crippen LogP contribution in [0, 0.1) is 6.92 Å². The van der Waals surface area contributed by atoms with Gasteiger partial charge in [-0.05, 0) is 37.1 Å². The lowest BCUT2D eigenvalue weighted by molar-refractivity contribution is 1.03. The van der Waals surface area contributed by atoms with Crippen LogP contribution in [-0.2, 0) is 6.42 Å². The van der Waals surface area contributed by atoms with Crippen molar-refractivity contribution in [1.29, 1.82) is 0 Å². The van der Waals surface area contributed by atoms with E-state index in [-0.39, 0.29) is 0 Å². The molecule has 0 bridgehead atoms. The second-order valence-electron chi connectivity index (χ2n) is 4.90. The van der Waals surface area contributed by atoms with Gasteiger partial charge in [-0.25, -0.2) is 0 Å². The van der Waals surface area contributed by atoms with Crippen LogP contribution >= 0.6 is 0 Å². The fourth-order valence-electron chi connectivity index (χ4n) is 2.35. The minimum atomic E-state index is 0.949. The Labute approximate surface area is 113 Å². The van der Waals surface area contributed by atoms with Crippen molar-refractivity contribution in [2.24, 2.45) is 0 Å². The Morgan fingerprint density at radius 3 is 2.63 bits per heavy atom. The van der Waals surface area contributed by atoms with Crippen LogP contribution in [0.2, 0.25) is 0 Å². The number of benzene rings is 2. The molecule has 0 radical (unpaired) electrons. The number of aryl methyl sites for hydroxylation is 1. The molecular weight excluding hydrogens is 232 g/mol. The van der Waals surface area contributed by atoms with Gasteiger partial charge in [-0.1, -0.05) is 35.9 Å². The van der Waals surface area contributed by atoms with E-state index in [2.05, 4.69) is 72.0 Å². The van der Waals surface area contributed by atoms with E-state index in [0.29, 0.717) is 0 Å². The maximum atomic E-state index is 3.46.